The lowest BCUT2D eigenvalue weighted by Crippen LogP contribution is -1.94. The van der Waals surface area contributed by atoms with E-state index in [2.05, 4.69) is 15.9 Å². The van der Waals surface area contributed by atoms with Gasteiger partial charge in [0.25, 0.3) is 0 Å². The van der Waals surface area contributed by atoms with Gasteiger partial charge in [-0.15, -0.1) is 0 Å². The molecule has 100 valence electrons. The second-order valence-electron chi connectivity index (χ2n) is 3.91. The number of hydrogen-bond donors (Lipinski definition) is 0. The van der Waals surface area contributed by atoms with E-state index < -0.39 is 5.82 Å². The Morgan fingerprint density at radius 2 is 1.95 bits per heavy atom. The topological polar surface area (TPSA) is 9.23 Å². The summed E-state index contributed by atoms with van der Waals surface area (Å²) in [6, 6.07) is 8.28. The highest BCUT2D eigenvalue weighted by atomic mass is 79.9. The molecule has 2 rings (SSSR count). The van der Waals surface area contributed by atoms with Crippen molar-refractivity contribution in [3.8, 4) is 11.5 Å². The Kier molecular flexibility index (Phi) is 4.71. The molecule has 0 bridgehead atoms. The Balaban J connectivity index is 2.42. The van der Waals surface area contributed by atoms with Crippen LogP contribution in [0.3, 0.4) is 0 Å². The SMILES string of the molecule is CCc1ccc(Cl)c(Oc2cc(Cl)cc(Br)c2)c1F. The number of halogens is 4. The molecule has 5 heteroatoms. The van der Waals surface area contributed by atoms with Gasteiger partial charge in [0, 0.05) is 9.50 Å². The Hall–Kier alpha value is -0.770. The fraction of sp³-hybridized carbons (Fsp3) is 0.143. The normalized spacial score (nSPS) is 10.6. The molecular formula is C14H10BrCl2FO. The molecule has 19 heavy (non-hydrogen) atoms. The van der Waals surface area contributed by atoms with E-state index in [4.69, 9.17) is 27.9 Å². The van der Waals surface area contributed by atoms with Crippen LogP contribution >= 0.6 is 39.1 Å². The highest BCUT2D eigenvalue weighted by molar-refractivity contribution is 9.10. The molecule has 0 amide bonds. The van der Waals surface area contributed by atoms with Crippen molar-refractivity contribution in [2.24, 2.45) is 0 Å². The molecule has 0 aliphatic carbocycles. The summed E-state index contributed by atoms with van der Waals surface area (Å²) in [7, 11) is 0. The third-order valence-corrected chi connectivity index (χ3v) is 3.54. The van der Waals surface area contributed by atoms with Gasteiger partial charge in [0.2, 0.25) is 0 Å². The monoisotopic (exact) mass is 362 g/mol. The summed E-state index contributed by atoms with van der Waals surface area (Å²) in [4.78, 5) is 0. The first-order chi connectivity index (χ1) is 9.01. The van der Waals surface area contributed by atoms with Crippen molar-refractivity contribution in [2.75, 3.05) is 0 Å². The zero-order chi connectivity index (χ0) is 14.0. The summed E-state index contributed by atoms with van der Waals surface area (Å²) < 4.78 is 20.4. The molecule has 0 heterocycles. The smallest absolute Gasteiger partial charge is 0.181 e. The zero-order valence-electron chi connectivity index (χ0n) is 10.0. The molecule has 1 nitrogen and oxygen atoms in total. The van der Waals surface area contributed by atoms with E-state index in [0.29, 0.717) is 22.8 Å². The Labute approximate surface area is 129 Å². The quantitative estimate of drug-likeness (QED) is 0.626. The maximum Gasteiger partial charge on any atom is 0.181 e. The Morgan fingerprint density at radius 1 is 1.21 bits per heavy atom. The van der Waals surface area contributed by atoms with Gasteiger partial charge in [-0.05, 0) is 36.2 Å². The first kappa shape index (κ1) is 14.6. The van der Waals surface area contributed by atoms with Crippen molar-refractivity contribution >= 4 is 39.1 Å². The first-order valence-electron chi connectivity index (χ1n) is 5.62. The number of ether oxygens (including phenoxy) is 1. The molecular weight excluding hydrogens is 354 g/mol. The third kappa shape index (κ3) is 3.41. The maximum atomic E-state index is 14.2. The second-order valence-corrected chi connectivity index (χ2v) is 5.67. The Morgan fingerprint density at radius 3 is 2.58 bits per heavy atom. The number of hydrogen-bond acceptors (Lipinski definition) is 1. The minimum absolute atomic E-state index is 0.0233. The van der Waals surface area contributed by atoms with Crippen LogP contribution in [0.5, 0.6) is 11.5 Å². The number of rotatable bonds is 3. The number of aryl methyl sites for hydroxylation is 1. The molecule has 0 unspecified atom stereocenters. The van der Waals surface area contributed by atoms with Crippen molar-refractivity contribution in [1.82, 2.24) is 0 Å². The van der Waals surface area contributed by atoms with E-state index in [0.717, 1.165) is 4.47 Å². The van der Waals surface area contributed by atoms with Crippen LogP contribution in [0.1, 0.15) is 12.5 Å². The summed E-state index contributed by atoms with van der Waals surface area (Å²) in [5.41, 5.74) is 0.556. The standard InChI is InChI=1S/C14H10BrCl2FO/c1-2-8-3-4-12(17)14(13(8)18)19-11-6-9(15)5-10(16)7-11/h3-7H,2H2,1H3. The summed E-state index contributed by atoms with van der Waals surface area (Å²) in [5.74, 6) is 0.00899. The minimum Gasteiger partial charge on any atom is -0.453 e. The van der Waals surface area contributed by atoms with Crippen molar-refractivity contribution in [1.29, 1.82) is 0 Å². The molecule has 0 N–H and O–H groups in total. The molecule has 0 atom stereocenters. The Bertz CT molecular complexity index is 596. The van der Waals surface area contributed by atoms with Crippen LogP contribution in [0.15, 0.2) is 34.8 Å². The van der Waals surface area contributed by atoms with E-state index >= 15 is 0 Å². The van der Waals surface area contributed by atoms with E-state index in [9.17, 15) is 4.39 Å². The van der Waals surface area contributed by atoms with Crippen LogP contribution in [-0.2, 0) is 6.42 Å². The minimum atomic E-state index is -0.439. The lowest BCUT2D eigenvalue weighted by atomic mass is 10.1. The van der Waals surface area contributed by atoms with Gasteiger partial charge in [-0.25, -0.2) is 4.39 Å². The van der Waals surface area contributed by atoms with Crippen LogP contribution in [0.25, 0.3) is 0 Å². The van der Waals surface area contributed by atoms with Gasteiger partial charge in [-0.2, -0.15) is 0 Å². The molecule has 0 saturated carbocycles. The molecule has 0 radical (unpaired) electrons. The van der Waals surface area contributed by atoms with Crippen LogP contribution in [0, 0.1) is 5.82 Å². The molecule has 0 aliphatic rings. The maximum absolute atomic E-state index is 14.2. The average Bonchev–Trinajstić information content (AvgIpc) is 2.33. The predicted octanol–water partition coefficient (Wildman–Crippen LogP) is 6.25. The summed E-state index contributed by atoms with van der Waals surface area (Å²) in [5, 5.41) is 0.721. The van der Waals surface area contributed by atoms with Gasteiger partial charge < -0.3 is 4.74 Å². The molecule has 2 aromatic carbocycles. The molecule has 0 aliphatic heterocycles. The summed E-state index contributed by atoms with van der Waals surface area (Å²) >= 11 is 15.2. The van der Waals surface area contributed by atoms with Crippen LogP contribution in [0.4, 0.5) is 4.39 Å². The van der Waals surface area contributed by atoms with Gasteiger partial charge in [0.1, 0.15) is 5.75 Å². The molecule has 2 aromatic rings. The van der Waals surface area contributed by atoms with Crippen molar-refractivity contribution < 1.29 is 9.13 Å². The second kappa shape index (κ2) is 6.12. The van der Waals surface area contributed by atoms with E-state index in [1.54, 1.807) is 30.3 Å². The van der Waals surface area contributed by atoms with Gasteiger partial charge in [0.15, 0.2) is 11.6 Å². The lowest BCUT2D eigenvalue weighted by molar-refractivity contribution is 0.439. The number of benzene rings is 2. The van der Waals surface area contributed by atoms with Gasteiger partial charge >= 0.3 is 0 Å². The fourth-order valence-corrected chi connectivity index (χ4v) is 2.66. The van der Waals surface area contributed by atoms with Crippen molar-refractivity contribution in [2.45, 2.75) is 13.3 Å². The van der Waals surface area contributed by atoms with Crippen LogP contribution in [-0.4, -0.2) is 0 Å². The average molecular weight is 364 g/mol. The molecule has 0 saturated heterocycles. The molecule has 0 spiro atoms. The molecule has 0 aromatic heterocycles. The fourth-order valence-electron chi connectivity index (χ4n) is 1.65. The highest BCUT2D eigenvalue weighted by Crippen LogP contribution is 2.35. The lowest BCUT2D eigenvalue weighted by Gasteiger charge is -2.11. The third-order valence-electron chi connectivity index (χ3n) is 2.57. The van der Waals surface area contributed by atoms with Crippen molar-refractivity contribution in [3.63, 3.8) is 0 Å². The van der Waals surface area contributed by atoms with Crippen LogP contribution < -0.4 is 4.74 Å². The zero-order valence-corrected chi connectivity index (χ0v) is 13.1. The predicted molar refractivity (Wildman–Crippen MR) is 80.0 cm³/mol. The largest absolute Gasteiger partial charge is 0.453 e. The van der Waals surface area contributed by atoms with Crippen LogP contribution in [0.2, 0.25) is 10.0 Å². The van der Waals surface area contributed by atoms with Gasteiger partial charge in [-0.3, -0.25) is 0 Å². The van der Waals surface area contributed by atoms with Gasteiger partial charge in [-0.1, -0.05) is 52.1 Å². The summed E-state index contributed by atoms with van der Waals surface area (Å²) in [6.45, 7) is 1.87. The van der Waals surface area contributed by atoms with Crippen molar-refractivity contribution in [3.05, 3.63) is 56.2 Å². The van der Waals surface area contributed by atoms with E-state index in [1.807, 2.05) is 6.92 Å². The van der Waals surface area contributed by atoms with E-state index in [-0.39, 0.29) is 10.8 Å². The molecule has 0 fully saturated rings. The first-order valence-corrected chi connectivity index (χ1v) is 7.17. The highest BCUT2D eigenvalue weighted by Gasteiger charge is 2.14. The van der Waals surface area contributed by atoms with E-state index in [1.165, 1.54) is 0 Å². The van der Waals surface area contributed by atoms with Gasteiger partial charge in [0.05, 0.1) is 5.02 Å². The summed E-state index contributed by atoms with van der Waals surface area (Å²) in [6.07, 6.45) is 0.568.